The van der Waals surface area contributed by atoms with Crippen LogP contribution in [0.5, 0.6) is 0 Å². The third-order valence-electron chi connectivity index (χ3n) is 4.44. The summed E-state index contributed by atoms with van der Waals surface area (Å²) >= 11 is 6.10. The summed E-state index contributed by atoms with van der Waals surface area (Å²) in [6.45, 7) is 1.20. The van der Waals surface area contributed by atoms with Gasteiger partial charge in [-0.15, -0.1) is 0 Å². The van der Waals surface area contributed by atoms with E-state index < -0.39 is 16.0 Å². The minimum absolute atomic E-state index is 0.0442. The first-order chi connectivity index (χ1) is 13.0. The lowest BCUT2D eigenvalue weighted by Crippen LogP contribution is -2.28. The Kier molecular flexibility index (Phi) is 6.46. The molecule has 0 amide bonds. The molecule has 3 rings (SSSR count). The molecule has 0 unspecified atom stereocenters. The van der Waals surface area contributed by atoms with Gasteiger partial charge in [-0.1, -0.05) is 11.6 Å². The molecule has 2 aromatic rings. The maximum Gasteiger partial charge on any atom is 0.338 e. The van der Waals surface area contributed by atoms with Gasteiger partial charge in [0.05, 0.1) is 17.2 Å². The Hall–Kier alpha value is -1.96. The van der Waals surface area contributed by atoms with Crippen LogP contribution in [0, 0.1) is 0 Å². The van der Waals surface area contributed by atoms with Crippen molar-refractivity contribution in [2.45, 2.75) is 30.6 Å². The lowest BCUT2D eigenvalue weighted by Gasteiger charge is -2.17. The second-order valence-corrected chi connectivity index (χ2v) is 8.66. The van der Waals surface area contributed by atoms with E-state index in [0.29, 0.717) is 19.5 Å². The Labute approximate surface area is 164 Å². The number of carbonyl (C=O) groups is 1. The van der Waals surface area contributed by atoms with Gasteiger partial charge in [0.2, 0.25) is 10.0 Å². The van der Waals surface area contributed by atoms with Gasteiger partial charge < -0.3 is 4.74 Å². The number of carbonyl (C=O) groups excluding carboxylic acids is 1. The molecule has 2 heterocycles. The van der Waals surface area contributed by atoms with Crippen molar-refractivity contribution in [3.05, 3.63) is 58.9 Å². The highest BCUT2D eigenvalue weighted by Crippen LogP contribution is 2.28. The number of benzene rings is 1. The second-order valence-electron chi connectivity index (χ2n) is 6.35. The van der Waals surface area contributed by atoms with Crippen LogP contribution in [0.2, 0.25) is 5.02 Å². The number of hydrogen-bond acceptors (Lipinski definition) is 5. The summed E-state index contributed by atoms with van der Waals surface area (Å²) in [5.41, 5.74) is 1.30. The van der Waals surface area contributed by atoms with Crippen LogP contribution >= 0.6 is 11.6 Å². The molecule has 1 aromatic carbocycles. The number of esters is 1. The molecule has 8 heteroatoms. The highest BCUT2D eigenvalue weighted by atomic mass is 35.5. The van der Waals surface area contributed by atoms with Gasteiger partial charge in [-0.25, -0.2) is 13.2 Å². The molecule has 6 nitrogen and oxygen atoms in total. The molecule has 1 aliphatic heterocycles. The van der Waals surface area contributed by atoms with Crippen molar-refractivity contribution >= 4 is 27.6 Å². The molecular formula is C19H21ClN2O4S. The summed E-state index contributed by atoms with van der Waals surface area (Å²) in [6, 6.07) is 8.04. The molecule has 0 aliphatic carbocycles. The van der Waals surface area contributed by atoms with E-state index in [2.05, 4.69) is 4.98 Å². The summed E-state index contributed by atoms with van der Waals surface area (Å²) in [4.78, 5) is 16.2. The van der Waals surface area contributed by atoms with Crippen LogP contribution in [0.15, 0.2) is 47.6 Å². The van der Waals surface area contributed by atoms with Gasteiger partial charge in [0.1, 0.15) is 4.90 Å². The average molecular weight is 409 g/mol. The summed E-state index contributed by atoms with van der Waals surface area (Å²) in [5.74, 6) is -0.556. The molecule has 1 saturated heterocycles. The van der Waals surface area contributed by atoms with Crippen molar-refractivity contribution in [2.24, 2.45) is 0 Å². The minimum atomic E-state index is -3.70. The third kappa shape index (κ3) is 4.86. The second kappa shape index (κ2) is 8.82. The Morgan fingerprint density at radius 3 is 2.56 bits per heavy atom. The summed E-state index contributed by atoms with van der Waals surface area (Å²) in [6.07, 6.45) is 6.54. The number of ether oxygens (including phenoxy) is 1. The van der Waals surface area contributed by atoms with E-state index in [9.17, 15) is 13.2 Å². The standard InChI is InChI=1S/C19H21ClN2O4S/c20-17-6-5-16(14-18(17)27(24,25)22-11-1-2-12-22)19(23)26-13-3-4-15-7-9-21-10-8-15/h5-10,14H,1-4,11-13H2. The van der Waals surface area contributed by atoms with E-state index in [4.69, 9.17) is 16.3 Å². The highest BCUT2D eigenvalue weighted by Gasteiger charge is 2.29. The van der Waals surface area contributed by atoms with Gasteiger partial charge in [0.25, 0.3) is 0 Å². The number of aryl methyl sites for hydroxylation is 1. The Morgan fingerprint density at radius 1 is 1.15 bits per heavy atom. The molecular weight excluding hydrogens is 388 g/mol. The zero-order valence-electron chi connectivity index (χ0n) is 14.8. The minimum Gasteiger partial charge on any atom is -0.462 e. The van der Waals surface area contributed by atoms with Crippen molar-refractivity contribution < 1.29 is 17.9 Å². The van der Waals surface area contributed by atoms with Crippen molar-refractivity contribution in [1.29, 1.82) is 0 Å². The summed E-state index contributed by atoms with van der Waals surface area (Å²) in [7, 11) is -3.70. The smallest absolute Gasteiger partial charge is 0.338 e. The predicted octanol–water partition coefficient (Wildman–Crippen LogP) is 3.31. The summed E-state index contributed by atoms with van der Waals surface area (Å²) in [5, 5.41) is 0.108. The van der Waals surface area contributed by atoms with Crippen LogP contribution in [0.3, 0.4) is 0 Å². The van der Waals surface area contributed by atoms with Gasteiger partial charge in [-0.3, -0.25) is 4.98 Å². The molecule has 0 bridgehead atoms. The van der Waals surface area contributed by atoms with Crippen LogP contribution < -0.4 is 0 Å². The monoisotopic (exact) mass is 408 g/mol. The summed E-state index contributed by atoms with van der Waals surface area (Å²) < 4.78 is 32.1. The van der Waals surface area contributed by atoms with Crippen LogP contribution in [-0.4, -0.2) is 43.4 Å². The number of pyridine rings is 1. The lowest BCUT2D eigenvalue weighted by atomic mass is 10.1. The first kappa shape index (κ1) is 19.8. The average Bonchev–Trinajstić information content (AvgIpc) is 3.22. The maximum absolute atomic E-state index is 12.7. The lowest BCUT2D eigenvalue weighted by molar-refractivity contribution is 0.0500. The molecule has 0 radical (unpaired) electrons. The Bertz CT molecular complexity index is 897. The molecule has 0 N–H and O–H groups in total. The van der Waals surface area contributed by atoms with Crippen molar-refractivity contribution in [3.63, 3.8) is 0 Å². The number of nitrogens with zero attached hydrogens (tertiary/aromatic N) is 2. The van der Waals surface area contributed by atoms with Crippen molar-refractivity contribution in [2.75, 3.05) is 19.7 Å². The molecule has 0 spiro atoms. The topological polar surface area (TPSA) is 76.6 Å². The normalized spacial score (nSPS) is 15.0. The number of sulfonamides is 1. The molecule has 0 saturated carbocycles. The van der Waals surface area contributed by atoms with Crippen LogP contribution in [0.1, 0.15) is 35.2 Å². The van der Waals surface area contributed by atoms with Crippen molar-refractivity contribution in [3.8, 4) is 0 Å². The first-order valence-electron chi connectivity index (χ1n) is 8.84. The van der Waals surface area contributed by atoms with Gasteiger partial charge in [0.15, 0.2) is 0 Å². The van der Waals surface area contributed by atoms with Gasteiger partial charge in [-0.2, -0.15) is 4.31 Å². The highest BCUT2D eigenvalue weighted by molar-refractivity contribution is 7.89. The third-order valence-corrected chi connectivity index (χ3v) is 6.82. The number of aromatic nitrogens is 1. The number of rotatable bonds is 7. The molecule has 1 aliphatic rings. The molecule has 1 fully saturated rings. The van der Waals surface area contributed by atoms with Crippen LogP contribution in [-0.2, 0) is 21.2 Å². The zero-order chi connectivity index (χ0) is 19.3. The maximum atomic E-state index is 12.7. The Balaban J connectivity index is 1.63. The Morgan fingerprint density at radius 2 is 1.85 bits per heavy atom. The zero-order valence-corrected chi connectivity index (χ0v) is 16.4. The largest absolute Gasteiger partial charge is 0.462 e. The van der Waals surface area contributed by atoms with E-state index in [1.165, 1.54) is 22.5 Å². The molecule has 0 atom stereocenters. The fourth-order valence-electron chi connectivity index (χ4n) is 2.97. The van der Waals surface area contributed by atoms with E-state index in [-0.39, 0.29) is 22.1 Å². The number of hydrogen-bond donors (Lipinski definition) is 0. The molecule has 27 heavy (non-hydrogen) atoms. The molecule has 144 valence electrons. The van der Waals surface area contributed by atoms with Crippen LogP contribution in [0.4, 0.5) is 0 Å². The first-order valence-corrected chi connectivity index (χ1v) is 10.7. The van der Waals surface area contributed by atoms with E-state index in [1.54, 1.807) is 12.4 Å². The fourth-order valence-corrected chi connectivity index (χ4v) is 4.99. The SMILES string of the molecule is O=C(OCCCc1ccncc1)c1ccc(Cl)c(S(=O)(=O)N2CCCC2)c1. The van der Waals surface area contributed by atoms with Gasteiger partial charge in [-0.05, 0) is 61.6 Å². The van der Waals surface area contributed by atoms with E-state index >= 15 is 0 Å². The van der Waals surface area contributed by atoms with E-state index in [0.717, 1.165) is 24.8 Å². The fraction of sp³-hybridized carbons (Fsp3) is 0.368. The predicted molar refractivity (Wildman–Crippen MR) is 102 cm³/mol. The van der Waals surface area contributed by atoms with Gasteiger partial charge in [0, 0.05) is 25.5 Å². The molecule has 1 aromatic heterocycles. The quantitative estimate of drug-likeness (QED) is 0.519. The van der Waals surface area contributed by atoms with Gasteiger partial charge >= 0.3 is 5.97 Å². The van der Waals surface area contributed by atoms with E-state index in [1.807, 2.05) is 12.1 Å². The van der Waals surface area contributed by atoms with Crippen LogP contribution in [0.25, 0.3) is 0 Å². The van der Waals surface area contributed by atoms with Crippen molar-refractivity contribution in [1.82, 2.24) is 9.29 Å². The number of halogens is 1.